The lowest BCUT2D eigenvalue weighted by molar-refractivity contribution is -0.126. The molecule has 0 bridgehead atoms. The van der Waals surface area contributed by atoms with Crippen LogP contribution in [-0.2, 0) is 4.79 Å². The summed E-state index contributed by atoms with van der Waals surface area (Å²) in [4.78, 5) is 47.8. The number of aromatic amines is 1. The lowest BCUT2D eigenvalue weighted by atomic mass is 9.95. The highest BCUT2D eigenvalue weighted by Gasteiger charge is 2.43. The van der Waals surface area contributed by atoms with Crippen molar-refractivity contribution in [2.24, 2.45) is 0 Å². The van der Waals surface area contributed by atoms with E-state index in [9.17, 15) is 14.4 Å². The number of H-pyrrole nitrogens is 1. The van der Waals surface area contributed by atoms with E-state index in [1.807, 2.05) is 49.4 Å². The minimum Gasteiger partial charge on any atom is -0.358 e. The van der Waals surface area contributed by atoms with E-state index in [2.05, 4.69) is 20.8 Å². The molecule has 0 radical (unpaired) electrons. The number of hydrogen-bond acceptors (Lipinski definition) is 4. The first-order chi connectivity index (χ1) is 16.5. The van der Waals surface area contributed by atoms with Crippen molar-refractivity contribution in [1.29, 1.82) is 0 Å². The summed E-state index contributed by atoms with van der Waals surface area (Å²) in [6.07, 6.45) is 2.96. The lowest BCUT2D eigenvalue weighted by Crippen LogP contribution is -2.52. The third-order valence-corrected chi connectivity index (χ3v) is 6.23. The molecule has 5 rings (SSSR count). The first-order valence-electron chi connectivity index (χ1n) is 11.0. The maximum atomic E-state index is 13.5. The molecule has 34 heavy (non-hydrogen) atoms. The molecule has 2 aromatic heterocycles. The summed E-state index contributed by atoms with van der Waals surface area (Å²) in [6.45, 7) is 3.63. The molecule has 3 amide bonds. The molecule has 2 atom stereocenters. The van der Waals surface area contributed by atoms with Gasteiger partial charge in [-0.1, -0.05) is 36.4 Å². The van der Waals surface area contributed by atoms with Crippen LogP contribution in [0.25, 0.3) is 10.9 Å². The van der Waals surface area contributed by atoms with Crippen LogP contribution in [0.1, 0.15) is 50.5 Å². The van der Waals surface area contributed by atoms with Crippen molar-refractivity contribution < 1.29 is 14.4 Å². The van der Waals surface area contributed by atoms with Crippen molar-refractivity contribution in [3.05, 3.63) is 101 Å². The van der Waals surface area contributed by atoms with Gasteiger partial charge < -0.3 is 9.88 Å². The topological polar surface area (TPSA) is 107 Å². The van der Waals surface area contributed by atoms with E-state index < -0.39 is 23.9 Å². The Morgan fingerprint density at radius 1 is 1.03 bits per heavy atom. The number of hydrogen-bond donors (Lipinski definition) is 3. The van der Waals surface area contributed by atoms with E-state index in [0.717, 1.165) is 27.7 Å². The standard InChI is InChI=1S/C26H23N5O3/c1-15-22(20-11-5-6-12-21(20)28-15)23-18-9-3-4-10-19(18)26(34)31(23)16(2)24(32)29-30-25(33)17-8-7-13-27-14-17/h3-14,16,23,28H,1-2H3,(H,29,32)(H,30,33). The van der Waals surface area contributed by atoms with E-state index >= 15 is 0 Å². The Hall–Kier alpha value is -4.46. The second-order valence-corrected chi connectivity index (χ2v) is 8.27. The minimum absolute atomic E-state index is 0.230. The van der Waals surface area contributed by atoms with Gasteiger partial charge in [-0.05, 0) is 43.7 Å². The molecule has 1 aliphatic heterocycles. The maximum Gasteiger partial charge on any atom is 0.271 e. The molecule has 3 heterocycles. The summed E-state index contributed by atoms with van der Waals surface area (Å²) < 4.78 is 0. The van der Waals surface area contributed by atoms with Crippen LogP contribution >= 0.6 is 0 Å². The van der Waals surface area contributed by atoms with Crippen LogP contribution < -0.4 is 10.9 Å². The largest absolute Gasteiger partial charge is 0.358 e. The predicted molar refractivity (Wildman–Crippen MR) is 127 cm³/mol. The van der Waals surface area contributed by atoms with E-state index in [0.29, 0.717) is 11.1 Å². The number of nitrogens with one attached hydrogen (secondary N) is 3. The van der Waals surface area contributed by atoms with Crippen LogP contribution in [-0.4, -0.2) is 38.6 Å². The van der Waals surface area contributed by atoms with Gasteiger partial charge in [0.05, 0.1) is 11.6 Å². The zero-order valence-corrected chi connectivity index (χ0v) is 18.7. The highest BCUT2D eigenvalue weighted by atomic mass is 16.2. The number of nitrogens with zero attached hydrogens (tertiary/aromatic N) is 2. The number of fused-ring (bicyclic) bond motifs is 2. The van der Waals surface area contributed by atoms with Crippen LogP contribution in [0.4, 0.5) is 0 Å². The predicted octanol–water partition coefficient (Wildman–Crippen LogP) is 3.27. The van der Waals surface area contributed by atoms with Crippen LogP contribution in [0.2, 0.25) is 0 Å². The van der Waals surface area contributed by atoms with Crippen molar-refractivity contribution in [2.45, 2.75) is 25.9 Å². The van der Waals surface area contributed by atoms with Crippen molar-refractivity contribution in [3.63, 3.8) is 0 Å². The van der Waals surface area contributed by atoms with Crippen LogP contribution in [0.3, 0.4) is 0 Å². The lowest BCUT2D eigenvalue weighted by Gasteiger charge is -2.31. The van der Waals surface area contributed by atoms with Crippen LogP contribution in [0.5, 0.6) is 0 Å². The molecular weight excluding hydrogens is 430 g/mol. The van der Waals surface area contributed by atoms with Crippen molar-refractivity contribution in [2.75, 3.05) is 0 Å². The SMILES string of the molecule is Cc1[nH]c2ccccc2c1C1c2ccccc2C(=O)N1C(C)C(=O)NNC(=O)c1cccnc1. The summed E-state index contributed by atoms with van der Waals surface area (Å²) in [7, 11) is 0. The fourth-order valence-electron chi connectivity index (χ4n) is 4.60. The van der Waals surface area contributed by atoms with Gasteiger partial charge in [-0.2, -0.15) is 0 Å². The number of benzene rings is 2. The van der Waals surface area contributed by atoms with E-state index in [-0.39, 0.29) is 5.91 Å². The van der Waals surface area contributed by atoms with Gasteiger partial charge in [0, 0.05) is 40.1 Å². The Labute approximate surface area is 196 Å². The van der Waals surface area contributed by atoms with Crippen LogP contribution in [0.15, 0.2) is 73.1 Å². The Morgan fingerprint density at radius 2 is 1.79 bits per heavy atom. The van der Waals surface area contributed by atoms with Crippen molar-refractivity contribution in [1.82, 2.24) is 25.7 Å². The quantitative estimate of drug-likeness (QED) is 0.412. The van der Waals surface area contributed by atoms with Crippen LogP contribution in [0, 0.1) is 6.92 Å². The molecular formula is C26H23N5O3. The third kappa shape index (κ3) is 3.49. The summed E-state index contributed by atoms with van der Waals surface area (Å²) >= 11 is 0. The summed E-state index contributed by atoms with van der Waals surface area (Å²) in [5.41, 5.74) is 9.43. The minimum atomic E-state index is -0.854. The number of pyridine rings is 1. The van der Waals surface area contributed by atoms with Gasteiger partial charge in [0.25, 0.3) is 17.7 Å². The molecule has 0 spiro atoms. The Kier molecular flexibility index (Phi) is 5.33. The van der Waals surface area contributed by atoms with E-state index in [4.69, 9.17) is 0 Å². The Bertz CT molecular complexity index is 1410. The fraction of sp³-hybridized carbons (Fsp3) is 0.154. The van der Waals surface area contributed by atoms with Crippen molar-refractivity contribution >= 4 is 28.6 Å². The average molecular weight is 454 g/mol. The number of rotatable bonds is 4. The Morgan fingerprint density at radius 3 is 2.59 bits per heavy atom. The number of carbonyl (C=O) groups excluding carboxylic acids is 3. The average Bonchev–Trinajstić information content (AvgIpc) is 3.35. The van der Waals surface area contributed by atoms with E-state index in [1.54, 1.807) is 36.2 Å². The molecule has 0 saturated heterocycles. The molecule has 2 unspecified atom stereocenters. The van der Waals surface area contributed by atoms with Gasteiger partial charge in [-0.3, -0.25) is 30.2 Å². The number of amides is 3. The number of aryl methyl sites for hydroxylation is 1. The van der Waals surface area contributed by atoms with Gasteiger partial charge in [-0.15, -0.1) is 0 Å². The molecule has 0 aliphatic carbocycles. The number of para-hydroxylation sites is 1. The highest BCUT2D eigenvalue weighted by molar-refractivity contribution is 6.03. The molecule has 0 saturated carbocycles. The molecule has 1 aliphatic rings. The second kappa shape index (κ2) is 8.47. The van der Waals surface area contributed by atoms with Crippen molar-refractivity contribution in [3.8, 4) is 0 Å². The number of carbonyl (C=O) groups is 3. The normalized spacial score (nSPS) is 15.8. The summed E-state index contributed by atoms with van der Waals surface area (Å²) in [5.74, 6) is -1.22. The maximum absolute atomic E-state index is 13.5. The number of aromatic nitrogens is 2. The van der Waals surface area contributed by atoms with Gasteiger partial charge in [0.1, 0.15) is 6.04 Å². The van der Waals surface area contributed by atoms with Gasteiger partial charge in [0.2, 0.25) is 0 Å². The summed E-state index contributed by atoms with van der Waals surface area (Å²) in [5, 5.41) is 0.997. The molecule has 8 nitrogen and oxygen atoms in total. The summed E-state index contributed by atoms with van der Waals surface area (Å²) in [6, 6.07) is 17.2. The third-order valence-electron chi connectivity index (χ3n) is 6.23. The fourth-order valence-corrected chi connectivity index (χ4v) is 4.60. The molecule has 2 aromatic carbocycles. The Balaban J connectivity index is 1.48. The molecule has 8 heteroatoms. The smallest absolute Gasteiger partial charge is 0.271 e. The van der Waals surface area contributed by atoms with Gasteiger partial charge in [0.15, 0.2) is 0 Å². The van der Waals surface area contributed by atoms with E-state index in [1.165, 1.54) is 6.20 Å². The second-order valence-electron chi connectivity index (χ2n) is 8.27. The van der Waals surface area contributed by atoms with Gasteiger partial charge in [-0.25, -0.2) is 0 Å². The molecule has 170 valence electrons. The zero-order valence-electron chi connectivity index (χ0n) is 18.7. The molecule has 4 aromatic rings. The number of hydrazine groups is 1. The highest BCUT2D eigenvalue weighted by Crippen LogP contribution is 2.43. The first-order valence-corrected chi connectivity index (χ1v) is 11.0. The molecule has 3 N–H and O–H groups in total. The monoisotopic (exact) mass is 453 g/mol. The molecule has 0 fully saturated rings. The zero-order chi connectivity index (χ0) is 23.8. The van der Waals surface area contributed by atoms with Gasteiger partial charge >= 0.3 is 0 Å². The first kappa shape index (κ1) is 21.4.